The fourth-order valence-electron chi connectivity index (χ4n) is 4.96. The third kappa shape index (κ3) is 4.33. The molecule has 0 fully saturated rings. The molecule has 2 aromatic rings. The molecule has 32 heavy (non-hydrogen) atoms. The molecule has 2 amide bonds. The van der Waals surface area contributed by atoms with Crippen molar-refractivity contribution in [1.82, 2.24) is 4.90 Å². The van der Waals surface area contributed by atoms with Gasteiger partial charge in [-0.1, -0.05) is 68.0 Å². The number of fused-ring (bicyclic) bond motifs is 1. The van der Waals surface area contributed by atoms with Crippen LogP contribution >= 0.6 is 0 Å². The molecule has 1 aliphatic heterocycles. The number of hydrogen-bond acceptors (Lipinski definition) is 3. The molecule has 0 radical (unpaired) electrons. The first kappa shape index (κ1) is 22.2. The molecule has 2 aliphatic rings. The maximum absolute atomic E-state index is 12.6. The van der Waals surface area contributed by atoms with Crippen molar-refractivity contribution in [3.05, 3.63) is 88.0 Å². The van der Waals surface area contributed by atoms with Gasteiger partial charge in [0.2, 0.25) is 0 Å². The molecule has 0 aromatic heterocycles. The third-order valence-electron chi connectivity index (χ3n) is 6.87. The number of allylic oxidation sites excluding steroid dienone is 3. The van der Waals surface area contributed by atoms with Gasteiger partial charge in [-0.2, -0.15) is 0 Å². The van der Waals surface area contributed by atoms with Crippen LogP contribution in [0, 0.1) is 5.41 Å². The zero-order chi connectivity index (χ0) is 22.9. The molecule has 4 nitrogen and oxygen atoms in total. The van der Waals surface area contributed by atoms with E-state index in [2.05, 4.69) is 45.1 Å². The van der Waals surface area contributed by atoms with E-state index in [0.29, 0.717) is 24.1 Å². The lowest BCUT2D eigenvalue weighted by Crippen LogP contribution is -2.32. The largest absolute Gasteiger partial charge is 0.324 e. The number of carbonyl (C=O) groups excluding carboxylic acids is 2. The van der Waals surface area contributed by atoms with Crippen molar-refractivity contribution < 1.29 is 9.59 Å². The first-order valence-corrected chi connectivity index (χ1v) is 11.5. The van der Waals surface area contributed by atoms with Gasteiger partial charge in [0.15, 0.2) is 0 Å². The van der Waals surface area contributed by atoms with Gasteiger partial charge in [0.1, 0.15) is 0 Å². The van der Waals surface area contributed by atoms with E-state index in [0.717, 1.165) is 11.1 Å². The molecule has 166 valence electrons. The second-order valence-electron chi connectivity index (χ2n) is 9.64. The number of rotatable bonds is 6. The first-order valence-electron chi connectivity index (χ1n) is 11.5. The molecule has 1 atom stereocenters. The van der Waals surface area contributed by atoms with Crippen LogP contribution in [-0.4, -0.2) is 23.3 Å². The standard InChI is InChI=1S/C28H32N2O2/c1-19-8-7-16-28(2,3)24(19)14-13-20-9-6-10-21(18-20)25(29)15-17-30-26(31)22-11-4-5-12-23(22)27(30)32/h4-6,9-14,18,25H,7-8,15-17,29H2,1-3H3/b14-13+. The van der Waals surface area contributed by atoms with Gasteiger partial charge >= 0.3 is 0 Å². The second kappa shape index (κ2) is 8.87. The summed E-state index contributed by atoms with van der Waals surface area (Å²) in [5.74, 6) is -0.457. The summed E-state index contributed by atoms with van der Waals surface area (Å²) >= 11 is 0. The summed E-state index contributed by atoms with van der Waals surface area (Å²) in [5.41, 5.74) is 12.7. The monoisotopic (exact) mass is 428 g/mol. The fraction of sp³-hybridized carbons (Fsp3) is 0.357. The van der Waals surface area contributed by atoms with E-state index in [9.17, 15) is 9.59 Å². The Morgan fingerprint density at radius 1 is 1.03 bits per heavy atom. The van der Waals surface area contributed by atoms with Gasteiger partial charge in [0.25, 0.3) is 11.8 Å². The van der Waals surface area contributed by atoms with E-state index in [1.54, 1.807) is 24.3 Å². The van der Waals surface area contributed by atoms with Crippen LogP contribution in [0.5, 0.6) is 0 Å². The van der Waals surface area contributed by atoms with Gasteiger partial charge < -0.3 is 5.73 Å². The van der Waals surface area contributed by atoms with Crippen LogP contribution in [0.2, 0.25) is 0 Å². The summed E-state index contributed by atoms with van der Waals surface area (Å²) in [7, 11) is 0. The molecular formula is C28H32N2O2. The Balaban J connectivity index is 1.44. The van der Waals surface area contributed by atoms with Crippen molar-refractivity contribution in [3.8, 4) is 0 Å². The van der Waals surface area contributed by atoms with Crippen LogP contribution in [0.4, 0.5) is 0 Å². The lowest BCUT2D eigenvalue weighted by atomic mass is 9.72. The molecule has 0 spiro atoms. The minimum Gasteiger partial charge on any atom is -0.324 e. The molecule has 2 aromatic carbocycles. The molecule has 0 bridgehead atoms. The van der Waals surface area contributed by atoms with Gasteiger partial charge in [-0.25, -0.2) is 0 Å². The summed E-state index contributed by atoms with van der Waals surface area (Å²) in [4.78, 5) is 26.5. The van der Waals surface area contributed by atoms with Crippen LogP contribution in [0.25, 0.3) is 6.08 Å². The average molecular weight is 429 g/mol. The molecular weight excluding hydrogens is 396 g/mol. The summed E-state index contributed by atoms with van der Waals surface area (Å²) in [6.45, 7) is 7.20. The van der Waals surface area contributed by atoms with Crippen molar-refractivity contribution in [2.75, 3.05) is 6.54 Å². The minimum atomic E-state index is -0.250. The summed E-state index contributed by atoms with van der Waals surface area (Å²) in [5, 5.41) is 0. The summed E-state index contributed by atoms with van der Waals surface area (Å²) < 4.78 is 0. The van der Waals surface area contributed by atoms with Gasteiger partial charge in [-0.05, 0) is 66.9 Å². The highest BCUT2D eigenvalue weighted by Crippen LogP contribution is 2.41. The summed E-state index contributed by atoms with van der Waals surface area (Å²) in [6, 6.07) is 14.9. The van der Waals surface area contributed by atoms with Crippen molar-refractivity contribution in [2.45, 2.75) is 52.5 Å². The highest BCUT2D eigenvalue weighted by molar-refractivity contribution is 6.21. The topological polar surface area (TPSA) is 63.4 Å². The Hall–Kier alpha value is -2.98. The number of nitrogens with two attached hydrogens (primary N) is 1. The molecule has 1 heterocycles. The molecule has 4 rings (SSSR count). The molecule has 2 N–H and O–H groups in total. The lowest BCUT2D eigenvalue weighted by Gasteiger charge is -2.32. The van der Waals surface area contributed by atoms with Crippen molar-refractivity contribution in [1.29, 1.82) is 0 Å². The molecule has 0 saturated heterocycles. The fourth-order valence-corrected chi connectivity index (χ4v) is 4.96. The number of hydrogen-bond donors (Lipinski definition) is 1. The highest BCUT2D eigenvalue weighted by Gasteiger charge is 2.35. The van der Waals surface area contributed by atoms with Crippen LogP contribution < -0.4 is 5.73 Å². The van der Waals surface area contributed by atoms with E-state index in [-0.39, 0.29) is 23.3 Å². The van der Waals surface area contributed by atoms with E-state index < -0.39 is 0 Å². The second-order valence-corrected chi connectivity index (χ2v) is 9.64. The van der Waals surface area contributed by atoms with Crippen LogP contribution in [-0.2, 0) is 0 Å². The van der Waals surface area contributed by atoms with E-state index in [1.807, 2.05) is 12.1 Å². The number of carbonyl (C=O) groups is 2. The molecule has 0 saturated carbocycles. The molecule has 4 heteroatoms. The number of amides is 2. The Labute approximate surface area is 190 Å². The van der Waals surface area contributed by atoms with Crippen molar-refractivity contribution in [3.63, 3.8) is 0 Å². The predicted molar refractivity (Wildman–Crippen MR) is 129 cm³/mol. The Bertz CT molecular complexity index is 1070. The van der Waals surface area contributed by atoms with E-state index in [4.69, 9.17) is 5.73 Å². The first-order chi connectivity index (χ1) is 15.3. The smallest absolute Gasteiger partial charge is 0.261 e. The SMILES string of the molecule is CC1=C(/C=C/c2cccc(C(N)CCN3C(=O)c4ccccc4C3=O)c2)C(C)(C)CCC1. The Morgan fingerprint density at radius 2 is 1.72 bits per heavy atom. The minimum absolute atomic E-state index is 0.208. The van der Waals surface area contributed by atoms with E-state index >= 15 is 0 Å². The number of imide groups is 1. The predicted octanol–water partition coefficient (Wildman–Crippen LogP) is 5.91. The number of nitrogens with zero attached hydrogens (tertiary/aromatic N) is 1. The van der Waals surface area contributed by atoms with Crippen molar-refractivity contribution in [2.24, 2.45) is 11.1 Å². The molecule has 1 aliphatic carbocycles. The van der Waals surface area contributed by atoms with Crippen molar-refractivity contribution >= 4 is 17.9 Å². The average Bonchev–Trinajstić information content (AvgIpc) is 3.01. The van der Waals surface area contributed by atoms with Gasteiger partial charge in [-0.3, -0.25) is 14.5 Å². The quantitative estimate of drug-likeness (QED) is 0.582. The normalized spacial score (nSPS) is 19.1. The lowest BCUT2D eigenvalue weighted by molar-refractivity contribution is 0.0650. The Morgan fingerprint density at radius 3 is 2.38 bits per heavy atom. The maximum atomic E-state index is 12.6. The maximum Gasteiger partial charge on any atom is 0.261 e. The van der Waals surface area contributed by atoms with Crippen LogP contribution in [0.15, 0.2) is 65.8 Å². The van der Waals surface area contributed by atoms with Gasteiger partial charge in [0, 0.05) is 12.6 Å². The Kier molecular flexibility index (Phi) is 6.16. The molecule has 1 unspecified atom stereocenters. The van der Waals surface area contributed by atoms with Crippen LogP contribution in [0.1, 0.15) is 84.3 Å². The van der Waals surface area contributed by atoms with E-state index in [1.165, 1.54) is 35.3 Å². The van der Waals surface area contributed by atoms with Gasteiger partial charge in [0.05, 0.1) is 11.1 Å². The third-order valence-corrected chi connectivity index (χ3v) is 6.87. The number of benzene rings is 2. The zero-order valence-corrected chi connectivity index (χ0v) is 19.2. The van der Waals surface area contributed by atoms with Gasteiger partial charge in [-0.15, -0.1) is 0 Å². The highest BCUT2D eigenvalue weighted by atomic mass is 16.2. The summed E-state index contributed by atoms with van der Waals surface area (Å²) in [6.07, 6.45) is 8.60. The van der Waals surface area contributed by atoms with Crippen LogP contribution in [0.3, 0.4) is 0 Å². The zero-order valence-electron chi connectivity index (χ0n) is 19.2.